The lowest BCUT2D eigenvalue weighted by Gasteiger charge is -2.09. The van der Waals surface area contributed by atoms with E-state index in [1.54, 1.807) is 13.0 Å². The van der Waals surface area contributed by atoms with Gasteiger partial charge in [0.1, 0.15) is 12.4 Å². The number of anilines is 1. The van der Waals surface area contributed by atoms with E-state index in [1.165, 1.54) is 56.7 Å². The van der Waals surface area contributed by atoms with E-state index in [0.29, 0.717) is 5.56 Å². The summed E-state index contributed by atoms with van der Waals surface area (Å²) in [4.78, 5) is 47.1. The number of amides is 1. The second-order valence-electron chi connectivity index (χ2n) is 7.02. The summed E-state index contributed by atoms with van der Waals surface area (Å²) in [5.74, 6) is -1.84. The second-order valence-corrected chi connectivity index (χ2v) is 7.02. The van der Waals surface area contributed by atoms with Gasteiger partial charge in [0.25, 0.3) is 5.91 Å². The monoisotopic (exact) mass is 468 g/mol. The van der Waals surface area contributed by atoms with Gasteiger partial charge >= 0.3 is 17.6 Å². The van der Waals surface area contributed by atoms with Crippen LogP contribution in [-0.4, -0.2) is 37.0 Å². The molecule has 0 aliphatic carbocycles. The van der Waals surface area contributed by atoms with Gasteiger partial charge in [-0.2, -0.15) is 0 Å². The van der Waals surface area contributed by atoms with Gasteiger partial charge < -0.3 is 23.9 Å². The van der Waals surface area contributed by atoms with E-state index >= 15 is 0 Å². The van der Waals surface area contributed by atoms with Gasteiger partial charge in [0.2, 0.25) is 0 Å². The van der Waals surface area contributed by atoms with Crippen molar-refractivity contribution < 1.29 is 37.9 Å². The number of nitro groups is 1. The molecule has 0 radical (unpaired) electrons. The second kappa shape index (κ2) is 10.3. The molecule has 0 spiro atoms. The molecular weight excluding hydrogens is 448 g/mol. The third-order valence-corrected chi connectivity index (χ3v) is 4.60. The van der Waals surface area contributed by atoms with E-state index in [0.717, 1.165) is 0 Å². The summed E-state index contributed by atoms with van der Waals surface area (Å²) in [5, 5.41) is 13.8. The van der Waals surface area contributed by atoms with Gasteiger partial charge in [-0.05, 0) is 48.9 Å². The third-order valence-electron chi connectivity index (χ3n) is 4.60. The van der Waals surface area contributed by atoms with Gasteiger partial charge in [0.15, 0.2) is 11.5 Å². The number of hydrogen-bond donors (Lipinski definition) is 1. The van der Waals surface area contributed by atoms with Crippen molar-refractivity contribution in [1.29, 1.82) is 0 Å². The van der Waals surface area contributed by atoms with E-state index < -0.39 is 22.8 Å². The number of benzene rings is 2. The fraction of sp³-hybridized carbons (Fsp3) is 0.174. The van der Waals surface area contributed by atoms with Crippen molar-refractivity contribution in [2.24, 2.45) is 0 Å². The lowest BCUT2D eigenvalue weighted by atomic mass is 10.1. The SMILES string of the molecule is COC(=O)c1cc(NC(=O)c2ccc(COc3ccc(C)cc3[N+](=O)[O-])o2)cc(C(=O)OC)c1. The third kappa shape index (κ3) is 5.57. The van der Waals surface area contributed by atoms with Crippen LogP contribution in [0.1, 0.15) is 42.6 Å². The van der Waals surface area contributed by atoms with Crippen molar-refractivity contribution in [3.63, 3.8) is 0 Å². The summed E-state index contributed by atoms with van der Waals surface area (Å²) in [6, 6.07) is 11.4. The zero-order valence-electron chi connectivity index (χ0n) is 18.4. The molecule has 34 heavy (non-hydrogen) atoms. The lowest BCUT2D eigenvalue weighted by molar-refractivity contribution is -0.386. The van der Waals surface area contributed by atoms with E-state index in [2.05, 4.69) is 14.8 Å². The van der Waals surface area contributed by atoms with Crippen LogP contribution in [0.4, 0.5) is 11.4 Å². The number of furan rings is 1. The van der Waals surface area contributed by atoms with E-state index in [4.69, 9.17) is 9.15 Å². The van der Waals surface area contributed by atoms with Gasteiger partial charge in [0, 0.05) is 11.8 Å². The number of aryl methyl sites for hydroxylation is 1. The average molecular weight is 468 g/mol. The molecule has 1 heterocycles. The number of rotatable bonds is 8. The van der Waals surface area contributed by atoms with Crippen molar-refractivity contribution in [3.05, 3.63) is 86.9 Å². The predicted octanol–water partition coefficient (Wildman–Crippen LogP) is 3.90. The molecule has 3 rings (SSSR count). The highest BCUT2D eigenvalue weighted by Gasteiger charge is 2.19. The van der Waals surface area contributed by atoms with Crippen LogP contribution in [0.25, 0.3) is 0 Å². The Morgan fingerprint density at radius 2 is 1.62 bits per heavy atom. The quantitative estimate of drug-likeness (QED) is 0.295. The first kappa shape index (κ1) is 24.0. The van der Waals surface area contributed by atoms with Crippen molar-refractivity contribution in [1.82, 2.24) is 0 Å². The molecule has 1 aromatic heterocycles. The number of ether oxygens (including phenoxy) is 3. The molecule has 0 bridgehead atoms. The Morgan fingerprint density at radius 3 is 2.21 bits per heavy atom. The number of hydrogen-bond acceptors (Lipinski definition) is 9. The van der Waals surface area contributed by atoms with Crippen molar-refractivity contribution in [2.45, 2.75) is 13.5 Å². The van der Waals surface area contributed by atoms with Crippen LogP contribution in [-0.2, 0) is 16.1 Å². The first-order chi connectivity index (χ1) is 16.2. The average Bonchev–Trinajstić information content (AvgIpc) is 3.31. The highest BCUT2D eigenvalue weighted by Crippen LogP contribution is 2.28. The molecule has 0 saturated carbocycles. The van der Waals surface area contributed by atoms with Crippen molar-refractivity contribution >= 4 is 29.2 Å². The molecule has 2 aromatic carbocycles. The number of nitrogens with one attached hydrogen (secondary N) is 1. The Hall–Kier alpha value is -4.67. The number of carbonyl (C=O) groups is 3. The summed E-state index contributed by atoms with van der Waals surface area (Å²) in [7, 11) is 2.37. The zero-order chi connectivity index (χ0) is 24.8. The summed E-state index contributed by atoms with van der Waals surface area (Å²) in [5.41, 5.74) is 0.736. The number of esters is 2. The van der Waals surface area contributed by atoms with Crippen LogP contribution < -0.4 is 10.1 Å². The first-order valence-corrected chi connectivity index (χ1v) is 9.81. The summed E-state index contributed by atoms with van der Waals surface area (Å²) in [6.07, 6.45) is 0. The van der Waals surface area contributed by atoms with E-state index in [1.807, 2.05) is 0 Å². The summed E-state index contributed by atoms with van der Waals surface area (Å²) >= 11 is 0. The van der Waals surface area contributed by atoms with E-state index in [9.17, 15) is 24.5 Å². The van der Waals surface area contributed by atoms with Crippen LogP contribution >= 0.6 is 0 Å². The minimum Gasteiger partial charge on any atom is -0.479 e. The number of nitrogens with zero attached hydrogens (tertiary/aromatic N) is 1. The minimum absolute atomic E-state index is 0.0360. The Bertz CT molecular complexity index is 1230. The molecule has 0 saturated heterocycles. The zero-order valence-corrected chi connectivity index (χ0v) is 18.4. The molecule has 11 nitrogen and oxygen atoms in total. The van der Waals surface area contributed by atoms with E-state index in [-0.39, 0.29) is 46.4 Å². The fourth-order valence-electron chi connectivity index (χ4n) is 2.98. The van der Waals surface area contributed by atoms with Crippen LogP contribution in [0.3, 0.4) is 0 Å². The summed E-state index contributed by atoms with van der Waals surface area (Å²) < 4.78 is 20.3. The van der Waals surface area contributed by atoms with Gasteiger partial charge in [-0.3, -0.25) is 14.9 Å². The molecule has 0 aliphatic heterocycles. The molecule has 1 amide bonds. The van der Waals surface area contributed by atoms with Crippen LogP contribution in [0.2, 0.25) is 0 Å². The highest BCUT2D eigenvalue weighted by molar-refractivity contribution is 6.04. The molecule has 0 fully saturated rings. The maximum Gasteiger partial charge on any atom is 0.337 e. The standard InChI is InChI=1S/C23H20N2O9/c1-13-4-6-19(18(8-13)25(29)30)33-12-17-5-7-20(34-17)21(26)24-16-10-14(22(27)31-2)9-15(11-16)23(28)32-3/h4-11H,12H2,1-3H3,(H,24,26). The number of nitro benzene ring substituents is 1. The Labute approximate surface area is 193 Å². The molecule has 176 valence electrons. The normalized spacial score (nSPS) is 10.3. The largest absolute Gasteiger partial charge is 0.479 e. The minimum atomic E-state index is -0.705. The smallest absolute Gasteiger partial charge is 0.337 e. The molecule has 0 aliphatic rings. The van der Waals surface area contributed by atoms with Gasteiger partial charge in [0.05, 0.1) is 30.3 Å². The maximum atomic E-state index is 12.6. The number of methoxy groups -OCH3 is 2. The lowest BCUT2D eigenvalue weighted by Crippen LogP contribution is -2.13. The molecule has 11 heteroatoms. The molecule has 0 atom stereocenters. The predicted molar refractivity (Wildman–Crippen MR) is 118 cm³/mol. The van der Waals surface area contributed by atoms with Gasteiger partial charge in [-0.25, -0.2) is 9.59 Å². The molecule has 0 unspecified atom stereocenters. The molecule has 3 aromatic rings. The van der Waals surface area contributed by atoms with Crippen molar-refractivity contribution in [2.75, 3.05) is 19.5 Å². The Balaban J connectivity index is 1.74. The summed E-state index contributed by atoms with van der Waals surface area (Å²) in [6.45, 7) is 1.57. The Morgan fingerprint density at radius 1 is 0.971 bits per heavy atom. The highest BCUT2D eigenvalue weighted by atomic mass is 16.6. The molecule has 1 N–H and O–H groups in total. The van der Waals surface area contributed by atoms with Gasteiger partial charge in [-0.15, -0.1) is 0 Å². The van der Waals surface area contributed by atoms with Crippen LogP contribution in [0, 0.1) is 17.0 Å². The fourth-order valence-corrected chi connectivity index (χ4v) is 2.98. The Kier molecular flexibility index (Phi) is 7.26. The topological polar surface area (TPSA) is 147 Å². The molecular formula is C23H20N2O9. The van der Waals surface area contributed by atoms with Crippen LogP contribution in [0.15, 0.2) is 52.9 Å². The maximum absolute atomic E-state index is 12.6. The van der Waals surface area contributed by atoms with Crippen LogP contribution in [0.5, 0.6) is 5.75 Å². The van der Waals surface area contributed by atoms with Gasteiger partial charge in [-0.1, -0.05) is 6.07 Å². The number of carbonyl (C=O) groups excluding carboxylic acids is 3. The van der Waals surface area contributed by atoms with Crippen molar-refractivity contribution in [3.8, 4) is 5.75 Å². The first-order valence-electron chi connectivity index (χ1n) is 9.81.